The van der Waals surface area contributed by atoms with Gasteiger partial charge in [-0.2, -0.15) is 5.26 Å². The number of aromatic nitrogens is 1. The third-order valence-corrected chi connectivity index (χ3v) is 5.37. The summed E-state index contributed by atoms with van der Waals surface area (Å²) in [6.45, 7) is 0.994. The molecule has 29 heavy (non-hydrogen) atoms. The zero-order chi connectivity index (χ0) is 20.4. The Kier molecular flexibility index (Phi) is 5.24. The van der Waals surface area contributed by atoms with Gasteiger partial charge < -0.3 is 15.2 Å². The minimum atomic E-state index is -0.424. The summed E-state index contributed by atoms with van der Waals surface area (Å²) < 4.78 is 0. The van der Waals surface area contributed by atoms with Crippen molar-refractivity contribution in [1.29, 1.82) is 5.26 Å². The molecular formula is C22H19ClN4O2. The second kappa shape index (κ2) is 7.98. The second-order valence-corrected chi connectivity index (χ2v) is 7.40. The van der Waals surface area contributed by atoms with Crippen molar-refractivity contribution in [3.05, 3.63) is 75.6 Å². The maximum Gasteiger partial charge on any atom is 0.268 e. The Balaban J connectivity index is 1.65. The topological polar surface area (TPSA) is 89.0 Å². The fraction of sp³-hybridized carbons (Fsp3) is 0.227. The monoisotopic (exact) mass is 406 g/mol. The smallest absolute Gasteiger partial charge is 0.268 e. The lowest BCUT2D eigenvalue weighted by Crippen LogP contribution is -2.57. The van der Waals surface area contributed by atoms with Gasteiger partial charge in [0.2, 0.25) is 5.91 Å². The number of carbonyl (C=O) groups excluding carboxylic acids is 1. The average molecular weight is 407 g/mol. The van der Waals surface area contributed by atoms with Gasteiger partial charge in [-0.05, 0) is 23.6 Å². The molecule has 0 radical (unpaired) electrons. The molecule has 2 heterocycles. The fourth-order valence-corrected chi connectivity index (χ4v) is 3.78. The number of fused-ring (bicyclic) bond motifs is 1. The van der Waals surface area contributed by atoms with Gasteiger partial charge in [-0.25, -0.2) is 0 Å². The number of likely N-dealkylation sites (tertiary alicyclic amines) is 1. The van der Waals surface area contributed by atoms with Crippen LogP contribution in [0.15, 0.2) is 53.3 Å². The van der Waals surface area contributed by atoms with Crippen LogP contribution < -0.4 is 10.9 Å². The fourth-order valence-electron chi connectivity index (χ4n) is 3.61. The lowest BCUT2D eigenvalue weighted by atomic mass is 10.0. The van der Waals surface area contributed by atoms with Crippen LogP contribution in [0.4, 0.5) is 5.69 Å². The van der Waals surface area contributed by atoms with Crippen molar-refractivity contribution in [3.63, 3.8) is 0 Å². The summed E-state index contributed by atoms with van der Waals surface area (Å²) in [6.07, 6.45) is 0.750. The predicted octanol–water partition coefficient (Wildman–Crippen LogP) is 2.85. The summed E-state index contributed by atoms with van der Waals surface area (Å²) in [7, 11) is 0. The number of pyridine rings is 1. The van der Waals surface area contributed by atoms with Gasteiger partial charge in [0.15, 0.2) is 0 Å². The lowest BCUT2D eigenvalue weighted by molar-refractivity contribution is -0.132. The van der Waals surface area contributed by atoms with Crippen molar-refractivity contribution in [2.75, 3.05) is 24.3 Å². The van der Waals surface area contributed by atoms with E-state index in [2.05, 4.69) is 22.4 Å². The molecule has 2 N–H and O–H groups in total. The number of rotatable bonds is 5. The Morgan fingerprint density at radius 3 is 2.66 bits per heavy atom. The van der Waals surface area contributed by atoms with Gasteiger partial charge in [0, 0.05) is 18.5 Å². The molecule has 0 aliphatic carbocycles. The maximum atomic E-state index is 12.5. The summed E-state index contributed by atoms with van der Waals surface area (Å²) in [6, 6.07) is 17.9. The molecule has 4 rings (SSSR count). The van der Waals surface area contributed by atoms with Crippen LogP contribution in [0, 0.1) is 11.3 Å². The molecule has 1 aliphatic rings. The first-order valence-electron chi connectivity index (χ1n) is 9.32. The van der Waals surface area contributed by atoms with Crippen LogP contribution in [0.25, 0.3) is 10.9 Å². The van der Waals surface area contributed by atoms with E-state index < -0.39 is 5.56 Å². The van der Waals surface area contributed by atoms with E-state index in [0.717, 1.165) is 17.4 Å². The molecular weight excluding hydrogens is 388 g/mol. The Bertz CT molecular complexity index is 1160. The van der Waals surface area contributed by atoms with E-state index in [1.54, 1.807) is 4.90 Å². The number of H-pyrrole nitrogens is 1. The van der Waals surface area contributed by atoms with Crippen LogP contribution in [0.1, 0.15) is 16.7 Å². The van der Waals surface area contributed by atoms with Crippen molar-refractivity contribution in [2.24, 2.45) is 0 Å². The number of hydrogen-bond acceptors (Lipinski definition) is 4. The summed E-state index contributed by atoms with van der Waals surface area (Å²) in [5.74, 6) is -0.166. The van der Waals surface area contributed by atoms with Crippen molar-refractivity contribution >= 4 is 34.1 Å². The predicted molar refractivity (Wildman–Crippen MR) is 113 cm³/mol. The van der Waals surface area contributed by atoms with Gasteiger partial charge in [-0.1, -0.05) is 42.5 Å². The summed E-state index contributed by atoms with van der Waals surface area (Å²) >= 11 is 5.59. The molecule has 146 valence electrons. The number of nitriles is 1. The van der Waals surface area contributed by atoms with E-state index in [9.17, 15) is 14.9 Å². The quantitative estimate of drug-likeness (QED) is 0.637. The first-order chi connectivity index (χ1) is 14.1. The zero-order valence-electron chi connectivity index (χ0n) is 15.6. The summed E-state index contributed by atoms with van der Waals surface area (Å²) in [5.41, 5.74) is 3.07. The number of anilines is 1. The summed E-state index contributed by atoms with van der Waals surface area (Å²) in [5, 5.41) is 13.6. The first kappa shape index (κ1) is 19.0. The van der Waals surface area contributed by atoms with Crippen LogP contribution >= 0.6 is 11.6 Å². The standard InChI is InChI=1S/C22H19ClN4O2/c23-10-20(28)27-12-16(13-27)25-21-17-7-6-15(8-14-4-2-1-3-5-14)9-19(17)26-22(29)18(21)11-24/h1-7,9,16H,8,10,12-13H2,(H2,25,26,29). The van der Waals surface area contributed by atoms with Gasteiger partial charge in [-0.3, -0.25) is 9.59 Å². The van der Waals surface area contributed by atoms with Gasteiger partial charge in [-0.15, -0.1) is 11.6 Å². The SMILES string of the molecule is N#Cc1c(NC2CN(C(=O)CCl)C2)c2ccc(Cc3ccccc3)cc2[nH]c1=O. The van der Waals surface area contributed by atoms with Gasteiger partial charge in [0.1, 0.15) is 17.5 Å². The maximum absolute atomic E-state index is 12.5. The van der Waals surface area contributed by atoms with Crippen molar-refractivity contribution in [2.45, 2.75) is 12.5 Å². The number of hydrogen-bond donors (Lipinski definition) is 2. The van der Waals surface area contributed by atoms with Crippen LogP contribution in [-0.4, -0.2) is 40.8 Å². The number of aromatic amines is 1. The van der Waals surface area contributed by atoms with Crippen molar-refractivity contribution < 1.29 is 4.79 Å². The third kappa shape index (κ3) is 3.82. The highest BCUT2D eigenvalue weighted by Crippen LogP contribution is 2.27. The molecule has 2 aromatic carbocycles. The number of nitrogens with one attached hydrogen (secondary N) is 2. The third-order valence-electron chi connectivity index (χ3n) is 5.14. The average Bonchev–Trinajstić information content (AvgIpc) is 2.70. The van der Waals surface area contributed by atoms with Crippen LogP contribution in [0.2, 0.25) is 0 Å². The molecule has 1 aliphatic heterocycles. The molecule has 1 fully saturated rings. The highest BCUT2D eigenvalue weighted by atomic mass is 35.5. The number of carbonyl (C=O) groups is 1. The number of amides is 1. The Morgan fingerprint density at radius 2 is 1.97 bits per heavy atom. The van der Waals surface area contributed by atoms with Crippen LogP contribution in [0.5, 0.6) is 0 Å². The van der Waals surface area contributed by atoms with Gasteiger partial charge in [0.05, 0.1) is 17.2 Å². The number of benzene rings is 2. The lowest BCUT2D eigenvalue weighted by Gasteiger charge is -2.40. The molecule has 3 aromatic rings. The van der Waals surface area contributed by atoms with E-state index in [1.165, 1.54) is 5.56 Å². The van der Waals surface area contributed by atoms with Crippen LogP contribution in [0.3, 0.4) is 0 Å². The van der Waals surface area contributed by atoms with E-state index in [4.69, 9.17) is 11.6 Å². The molecule has 0 saturated carbocycles. The number of halogens is 1. The molecule has 6 nitrogen and oxygen atoms in total. The molecule has 1 saturated heterocycles. The second-order valence-electron chi connectivity index (χ2n) is 7.13. The molecule has 0 bridgehead atoms. The summed E-state index contributed by atoms with van der Waals surface area (Å²) in [4.78, 5) is 28.6. The van der Waals surface area contributed by atoms with E-state index >= 15 is 0 Å². The minimum absolute atomic E-state index is 0.0248. The highest BCUT2D eigenvalue weighted by Gasteiger charge is 2.31. The normalized spacial score (nSPS) is 13.7. The molecule has 0 unspecified atom stereocenters. The van der Waals surface area contributed by atoms with E-state index in [1.807, 2.05) is 42.5 Å². The number of nitrogens with zero attached hydrogens (tertiary/aromatic N) is 2. The van der Waals surface area contributed by atoms with Crippen molar-refractivity contribution in [3.8, 4) is 6.07 Å². The molecule has 1 aromatic heterocycles. The zero-order valence-corrected chi connectivity index (χ0v) is 16.4. The molecule has 0 atom stereocenters. The van der Waals surface area contributed by atoms with E-state index in [-0.39, 0.29) is 23.4 Å². The minimum Gasteiger partial charge on any atom is -0.377 e. The Hall–Kier alpha value is -3.30. The van der Waals surface area contributed by atoms with Crippen LogP contribution in [-0.2, 0) is 11.2 Å². The van der Waals surface area contributed by atoms with Gasteiger partial charge in [0.25, 0.3) is 5.56 Å². The van der Waals surface area contributed by atoms with Gasteiger partial charge >= 0.3 is 0 Å². The number of alkyl halides is 1. The van der Waals surface area contributed by atoms with Crippen molar-refractivity contribution in [1.82, 2.24) is 9.88 Å². The Morgan fingerprint density at radius 1 is 1.21 bits per heavy atom. The first-order valence-corrected chi connectivity index (χ1v) is 9.85. The highest BCUT2D eigenvalue weighted by molar-refractivity contribution is 6.27. The Labute approximate surface area is 172 Å². The largest absolute Gasteiger partial charge is 0.377 e. The molecule has 7 heteroatoms. The molecule has 1 amide bonds. The molecule has 0 spiro atoms. The van der Waals surface area contributed by atoms with E-state index in [0.29, 0.717) is 24.3 Å².